The van der Waals surface area contributed by atoms with Crippen molar-refractivity contribution in [2.24, 2.45) is 0 Å². The van der Waals surface area contributed by atoms with Gasteiger partial charge in [0.25, 0.3) is 0 Å². The van der Waals surface area contributed by atoms with Gasteiger partial charge in [-0.25, -0.2) is 0 Å². The average molecular weight is 452 g/mol. The molecule has 176 valence electrons. The second-order valence-electron chi connectivity index (χ2n) is 7.37. The normalized spacial score (nSPS) is 24.8. The lowest BCUT2D eigenvalue weighted by Crippen LogP contribution is -2.59. The van der Waals surface area contributed by atoms with E-state index in [0.29, 0.717) is 11.3 Å². The summed E-state index contributed by atoms with van der Waals surface area (Å²) in [7, 11) is 1.47. The van der Waals surface area contributed by atoms with E-state index in [1.54, 1.807) is 12.1 Å². The second kappa shape index (κ2) is 10.9. The second-order valence-corrected chi connectivity index (χ2v) is 7.37. The molecule has 0 radical (unpaired) electrons. The van der Waals surface area contributed by atoms with Gasteiger partial charge < -0.3 is 28.4 Å². The third-order valence-electron chi connectivity index (χ3n) is 4.68. The summed E-state index contributed by atoms with van der Waals surface area (Å²) in [6.07, 6.45) is -5.61. The van der Waals surface area contributed by atoms with Gasteiger partial charge in [0.2, 0.25) is 0 Å². The first kappa shape index (κ1) is 25.1. The molecule has 1 aromatic carbocycles. The fourth-order valence-electron chi connectivity index (χ4n) is 3.55. The Morgan fingerprint density at radius 2 is 1.41 bits per heavy atom. The molecule has 2 rings (SSSR count). The van der Waals surface area contributed by atoms with Crippen LogP contribution in [-0.2, 0) is 42.9 Å². The first-order valence-electron chi connectivity index (χ1n) is 9.98. The molecule has 1 unspecified atom stereocenters. The van der Waals surface area contributed by atoms with Gasteiger partial charge in [-0.05, 0) is 19.1 Å². The number of aryl methyl sites for hydroxylation is 1. The summed E-state index contributed by atoms with van der Waals surface area (Å²) in [5.74, 6) is -2.17. The summed E-state index contributed by atoms with van der Waals surface area (Å²) >= 11 is 0. The van der Waals surface area contributed by atoms with Crippen molar-refractivity contribution in [3.63, 3.8) is 0 Å². The molecule has 10 nitrogen and oxygen atoms in total. The molecular formula is C22H28O10. The predicted octanol–water partition coefficient (Wildman–Crippen LogP) is 1.80. The lowest BCUT2D eigenvalue weighted by Gasteiger charge is -2.44. The van der Waals surface area contributed by atoms with Gasteiger partial charge in [-0.15, -0.1) is 0 Å². The first-order chi connectivity index (χ1) is 15.0. The van der Waals surface area contributed by atoms with Crippen molar-refractivity contribution < 1.29 is 47.6 Å². The third kappa shape index (κ3) is 6.43. The molecule has 0 aromatic heterocycles. The standard InChI is InChI=1S/C22H28O10/c1-11-7-8-17(27-6)16(9-11)19-21(30-14(4)25)22(31-15(5)26)20(29-13(3)24)18(32-19)10-28-12(2)23/h7-9,18-22H,10H2,1-6H3/t18?,19-,20+,21+,22-/m0/s1. The molecule has 10 heteroatoms. The third-order valence-corrected chi connectivity index (χ3v) is 4.68. The number of benzene rings is 1. The minimum Gasteiger partial charge on any atom is -0.496 e. The fraction of sp³-hybridized carbons (Fsp3) is 0.545. The zero-order valence-electron chi connectivity index (χ0n) is 18.9. The summed E-state index contributed by atoms with van der Waals surface area (Å²) in [6, 6.07) is 5.33. The summed E-state index contributed by atoms with van der Waals surface area (Å²) in [4.78, 5) is 47.1. The van der Waals surface area contributed by atoms with E-state index >= 15 is 0 Å². The van der Waals surface area contributed by atoms with Crippen molar-refractivity contribution >= 4 is 23.9 Å². The highest BCUT2D eigenvalue weighted by atomic mass is 16.7. The first-order valence-corrected chi connectivity index (χ1v) is 9.98. The molecule has 0 aliphatic carbocycles. The largest absolute Gasteiger partial charge is 0.496 e. The minimum atomic E-state index is -1.23. The predicted molar refractivity (Wildman–Crippen MR) is 109 cm³/mol. The van der Waals surface area contributed by atoms with Crippen LogP contribution < -0.4 is 4.74 Å². The van der Waals surface area contributed by atoms with Crippen LogP contribution in [0.3, 0.4) is 0 Å². The van der Waals surface area contributed by atoms with E-state index in [0.717, 1.165) is 5.56 Å². The monoisotopic (exact) mass is 452 g/mol. The molecule has 1 fully saturated rings. The minimum absolute atomic E-state index is 0.289. The van der Waals surface area contributed by atoms with Gasteiger partial charge in [0, 0.05) is 33.3 Å². The van der Waals surface area contributed by atoms with Gasteiger partial charge >= 0.3 is 23.9 Å². The molecule has 5 atom stereocenters. The Morgan fingerprint density at radius 1 is 0.844 bits per heavy atom. The number of methoxy groups -OCH3 is 1. The van der Waals surface area contributed by atoms with Crippen LogP contribution >= 0.6 is 0 Å². The fourth-order valence-corrected chi connectivity index (χ4v) is 3.55. The van der Waals surface area contributed by atoms with Crippen LogP contribution in [0.25, 0.3) is 0 Å². The van der Waals surface area contributed by atoms with E-state index in [-0.39, 0.29) is 6.61 Å². The van der Waals surface area contributed by atoms with Gasteiger partial charge in [0.05, 0.1) is 7.11 Å². The van der Waals surface area contributed by atoms with Crippen molar-refractivity contribution in [2.45, 2.75) is 65.1 Å². The van der Waals surface area contributed by atoms with Gasteiger partial charge in [0.1, 0.15) is 24.6 Å². The summed E-state index contributed by atoms with van der Waals surface area (Å²) < 4.78 is 33.0. The highest BCUT2D eigenvalue weighted by molar-refractivity contribution is 5.69. The Bertz CT molecular complexity index is 864. The Balaban J connectivity index is 2.62. The van der Waals surface area contributed by atoms with E-state index < -0.39 is 54.4 Å². The van der Waals surface area contributed by atoms with Crippen LogP contribution in [0.1, 0.15) is 44.9 Å². The number of ether oxygens (including phenoxy) is 6. The number of carbonyl (C=O) groups is 4. The van der Waals surface area contributed by atoms with Gasteiger partial charge in [0.15, 0.2) is 18.3 Å². The lowest BCUT2D eigenvalue weighted by atomic mass is 9.89. The zero-order valence-corrected chi connectivity index (χ0v) is 18.9. The van der Waals surface area contributed by atoms with Crippen LogP contribution in [-0.4, -0.2) is 62.0 Å². The SMILES string of the molecule is COc1ccc(C)cc1[C@@H]1OC(COC(C)=O)[C@@H](OC(C)=O)[C@H](OC(C)=O)[C@@H]1OC(C)=O. The van der Waals surface area contributed by atoms with Crippen molar-refractivity contribution in [1.29, 1.82) is 0 Å². The van der Waals surface area contributed by atoms with E-state index in [1.165, 1.54) is 34.8 Å². The Morgan fingerprint density at radius 3 is 1.94 bits per heavy atom. The molecule has 1 saturated heterocycles. The molecule has 0 bridgehead atoms. The van der Waals surface area contributed by atoms with Gasteiger partial charge in [-0.3, -0.25) is 19.2 Å². The Hall–Kier alpha value is -3.14. The molecule has 0 spiro atoms. The van der Waals surface area contributed by atoms with Crippen LogP contribution in [0.4, 0.5) is 0 Å². The molecule has 0 N–H and O–H groups in total. The van der Waals surface area contributed by atoms with Crippen LogP contribution in [0, 0.1) is 6.92 Å². The van der Waals surface area contributed by atoms with E-state index in [1.807, 2.05) is 13.0 Å². The van der Waals surface area contributed by atoms with Crippen molar-refractivity contribution in [2.75, 3.05) is 13.7 Å². The molecule has 1 aliphatic heterocycles. The van der Waals surface area contributed by atoms with Crippen molar-refractivity contribution in [3.05, 3.63) is 29.3 Å². The summed E-state index contributed by atoms with van der Waals surface area (Å²) in [5, 5.41) is 0. The maximum Gasteiger partial charge on any atom is 0.303 e. The Kier molecular flexibility index (Phi) is 8.59. The smallest absolute Gasteiger partial charge is 0.303 e. The summed E-state index contributed by atoms with van der Waals surface area (Å²) in [5.41, 5.74) is 1.39. The number of esters is 4. The zero-order chi connectivity index (χ0) is 24.0. The van der Waals surface area contributed by atoms with E-state index in [4.69, 9.17) is 28.4 Å². The highest BCUT2D eigenvalue weighted by Gasteiger charge is 2.53. The van der Waals surface area contributed by atoms with E-state index in [9.17, 15) is 19.2 Å². The number of carbonyl (C=O) groups excluding carboxylic acids is 4. The molecule has 1 heterocycles. The maximum absolute atomic E-state index is 11.9. The topological polar surface area (TPSA) is 124 Å². The number of hydrogen-bond acceptors (Lipinski definition) is 10. The molecule has 1 aromatic rings. The van der Waals surface area contributed by atoms with Gasteiger partial charge in [-0.1, -0.05) is 11.6 Å². The lowest BCUT2D eigenvalue weighted by molar-refractivity contribution is -0.254. The number of hydrogen-bond donors (Lipinski definition) is 0. The Labute approximate surface area is 186 Å². The van der Waals surface area contributed by atoms with Gasteiger partial charge in [-0.2, -0.15) is 0 Å². The number of rotatable bonds is 7. The molecule has 32 heavy (non-hydrogen) atoms. The highest BCUT2D eigenvalue weighted by Crippen LogP contribution is 2.41. The molecule has 0 amide bonds. The molecule has 1 aliphatic rings. The van der Waals surface area contributed by atoms with Crippen molar-refractivity contribution in [1.82, 2.24) is 0 Å². The van der Waals surface area contributed by atoms with Crippen molar-refractivity contribution in [3.8, 4) is 5.75 Å². The van der Waals surface area contributed by atoms with Crippen LogP contribution in [0.5, 0.6) is 5.75 Å². The van der Waals surface area contributed by atoms with Crippen LogP contribution in [0.2, 0.25) is 0 Å². The van der Waals surface area contributed by atoms with Crippen LogP contribution in [0.15, 0.2) is 18.2 Å². The van der Waals surface area contributed by atoms with E-state index in [2.05, 4.69) is 0 Å². The average Bonchev–Trinajstić information content (AvgIpc) is 2.68. The maximum atomic E-state index is 11.9. The summed E-state index contributed by atoms with van der Waals surface area (Å²) in [6.45, 7) is 6.33. The molecule has 0 saturated carbocycles. The quantitative estimate of drug-likeness (QED) is 0.447. The molecular weight excluding hydrogens is 424 g/mol.